The van der Waals surface area contributed by atoms with Crippen LogP contribution in [0.1, 0.15) is 36.5 Å². The minimum atomic E-state index is -4.30. The first-order chi connectivity index (χ1) is 7.36. The van der Waals surface area contributed by atoms with Crippen LogP contribution < -0.4 is 5.32 Å². The highest BCUT2D eigenvalue weighted by atomic mass is 19.4. The molecule has 1 rings (SSSR count). The van der Waals surface area contributed by atoms with Gasteiger partial charge in [0.1, 0.15) is 17.6 Å². The lowest BCUT2D eigenvalue weighted by Gasteiger charge is -2.21. The molecule has 0 aromatic carbocycles. The van der Waals surface area contributed by atoms with Gasteiger partial charge in [0, 0.05) is 5.56 Å². The van der Waals surface area contributed by atoms with E-state index in [1.54, 1.807) is 13.8 Å². The lowest BCUT2D eigenvalue weighted by Crippen LogP contribution is -2.34. The Bertz CT molecular complexity index is 343. The van der Waals surface area contributed by atoms with Crippen LogP contribution in [0.15, 0.2) is 10.5 Å². The van der Waals surface area contributed by atoms with Gasteiger partial charge in [-0.2, -0.15) is 13.2 Å². The van der Waals surface area contributed by atoms with Crippen LogP contribution in [0.25, 0.3) is 0 Å². The maximum atomic E-state index is 12.8. The van der Waals surface area contributed by atoms with Crippen molar-refractivity contribution >= 4 is 0 Å². The molecule has 0 saturated carbocycles. The normalized spacial score (nSPS) is 14.1. The van der Waals surface area contributed by atoms with E-state index < -0.39 is 12.2 Å². The first-order valence-corrected chi connectivity index (χ1v) is 5.23. The van der Waals surface area contributed by atoms with Gasteiger partial charge in [0.05, 0.1) is 0 Å². The van der Waals surface area contributed by atoms with Crippen LogP contribution in [0.2, 0.25) is 0 Å². The summed E-state index contributed by atoms with van der Waals surface area (Å²) in [6.07, 6.45) is -3.64. The zero-order chi connectivity index (χ0) is 12.3. The predicted octanol–water partition coefficient (Wildman–Crippen LogP) is 3.50. The highest BCUT2D eigenvalue weighted by Gasteiger charge is 2.41. The summed E-state index contributed by atoms with van der Waals surface area (Å²) >= 11 is 0. The highest BCUT2D eigenvalue weighted by molar-refractivity contribution is 5.25. The first-order valence-electron chi connectivity index (χ1n) is 5.23. The Hall–Kier alpha value is -0.970. The van der Waals surface area contributed by atoms with Crippen molar-refractivity contribution in [3.8, 4) is 0 Å². The Morgan fingerprint density at radius 2 is 2.00 bits per heavy atom. The van der Waals surface area contributed by atoms with Gasteiger partial charge in [0.2, 0.25) is 0 Å². The van der Waals surface area contributed by atoms with Crippen molar-refractivity contribution in [2.45, 2.75) is 39.4 Å². The summed E-state index contributed by atoms with van der Waals surface area (Å²) in [5.41, 5.74) is 0.179. The van der Waals surface area contributed by atoms with Crippen LogP contribution in [0.5, 0.6) is 0 Å². The van der Waals surface area contributed by atoms with Gasteiger partial charge in [-0.1, -0.05) is 6.92 Å². The van der Waals surface area contributed by atoms with E-state index in [9.17, 15) is 13.2 Å². The molecular formula is C11H16F3NO. The molecule has 1 atom stereocenters. The van der Waals surface area contributed by atoms with Crippen LogP contribution in [-0.2, 0) is 0 Å². The molecule has 0 spiro atoms. The second-order valence-electron chi connectivity index (χ2n) is 3.80. The van der Waals surface area contributed by atoms with Crippen molar-refractivity contribution in [3.63, 3.8) is 0 Å². The third-order valence-electron chi connectivity index (χ3n) is 2.32. The summed E-state index contributed by atoms with van der Waals surface area (Å²) in [7, 11) is 0. The Labute approximate surface area is 92.8 Å². The molecule has 0 bridgehead atoms. The van der Waals surface area contributed by atoms with Gasteiger partial charge >= 0.3 is 6.18 Å². The van der Waals surface area contributed by atoms with Gasteiger partial charge < -0.3 is 9.73 Å². The second kappa shape index (κ2) is 4.91. The van der Waals surface area contributed by atoms with Crippen molar-refractivity contribution in [2.75, 3.05) is 6.54 Å². The number of rotatable bonds is 4. The van der Waals surface area contributed by atoms with Crippen molar-refractivity contribution in [1.29, 1.82) is 0 Å². The van der Waals surface area contributed by atoms with Gasteiger partial charge in [-0.3, -0.25) is 0 Å². The van der Waals surface area contributed by atoms with Gasteiger partial charge in [0.15, 0.2) is 0 Å². The molecule has 0 saturated heterocycles. The number of furan rings is 1. The zero-order valence-electron chi connectivity index (χ0n) is 9.61. The Kier molecular flexibility index (Phi) is 4.02. The Morgan fingerprint density at radius 1 is 1.38 bits per heavy atom. The number of hydrogen-bond acceptors (Lipinski definition) is 2. The molecule has 0 aliphatic heterocycles. The third kappa shape index (κ3) is 3.01. The summed E-state index contributed by atoms with van der Waals surface area (Å²) in [6, 6.07) is -0.194. The lowest BCUT2D eigenvalue weighted by molar-refractivity contribution is -0.157. The maximum Gasteiger partial charge on any atom is 0.408 e. The molecule has 1 unspecified atom stereocenters. The van der Waals surface area contributed by atoms with Gasteiger partial charge in [-0.05, 0) is 32.9 Å². The monoisotopic (exact) mass is 235 g/mol. The molecule has 1 aromatic rings. The van der Waals surface area contributed by atoms with Crippen molar-refractivity contribution in [1.82, 2.24) is 5.32 Å². The molecule has 0 fully saturated rings. The SMILES string of the molecule is CCCNC(c1cc(C)oc1C)C(F)(F)F. The van der Waals surface area contributed by atoms with E-state index in [4.69, 9.17) is 4.42 Å². The maximum absolute atomic E-state index is 12.8. The quantitative estimate of drug-likeness (QED) is 0.864. The van der Waals surface area contributed by atoms with E-state index in [-0.39, 0.29) is 5.56 Å². The van der Waals surface area contributed by atoms with E-state index in [0.29, 0.717) is 24.5 Å². The largest absolute Gasteiger partial charge is 0.466 e. The van der Waals surface area contributed by atoms with E-state index >= 15 is 0 Å². The molecule has 0 aliphatic rings. The van der Waals surface area contributed by atoms with Gasteiger partial charge in [-0.25, -0.2) is 0 Å². The molecule has 1 N–H and O–H groups in total. The smallest absolute Gasteiger partial charge is 0.408 e. The van der Waals surface area contributed by atoms with E-state index in [1.807, 2.05) is 6.92 Å². The predicted molar refractivity (Wildman–Crippen MR) is 55.3 cm³/mol. The first kappa shape index (κ1) is 13.1. The van der Waals surface area contributed by atoms with E-state index in [1.165, 1.54) is 6.07 Å². The van der Waals surface area contributed by atoms with Crippen LogP contribution in [-0.4, -0.2) is 12.7 Å². The average Bonchev–Trinajstić information content (AvgIpc) is 2.44. The second-order valence-corrected chi connectivity index (χ2v) is 3.80. The van der Waals surface area contributed by atoms with Crippen molar-refractivity contribution in [2.24, 2.45) is 0 Å². The van der Waals surface area contributed by atoms with Crippen LogP contribution in [0.4, 0.5) is 13.2 Å². The third-order valence-corrected chi connectivity index (χ3v) is 2.32. The number of aryl methyl sites for hydroxylation is 2. The molecule has 0 aliphatic carbocycles. The molecule has 0 amide bonds. The molecule has 1 aromatic heterocycles. The van der Waals surface area contributed by atoms with Crippen LogP contribution in [0.3, 0.4) is 0 Å². The van der Waals surface area contributed by atoms with Gasteiger partial charge in [-0.15, -0.1) is 0 Å². The molecule has 1 heterocycles. The number of hydrogen-bond donors (Lipinski definition) is 1. The minimum Gasteiger partial charge on any atom is -0.466 e. The fourth-order valence-corrected chi connectivity index (χ4v) is 1.63. The molecule has 0 radical (unpaired) electrons. The summed E-state index contributed by atoms with van der Waals surface area (Å²) < 4.78 is 43.6. The summed E-state index contributed by atoms with van der Waals surface area (Å²) in [4.78, 5) is 0. The Balaban J connectivity index is 2.96. The fourth-order valence-electron chi connectivity index (χ4n) is 1.63. The summed E-state index contributed by atoms with van der Waals surface area (Å²) in [6.45, 7) is 5.35. The minimum absolute atomic E-state index is 0.179. The fraction of sp³-hybridized carbons (Fsp3) is 0.636. The number of nitrogens with one attached hydrogen (secondary N) is 1. The van der Waals surface area contributed by atoms with Crippen LogP contribution in [0, 0.1) is 13.8 Å². The zero-order valence-corrected chi connectivity index (χ0v) is 9.61. The molecule has 2 nitrogen and oxygen atoms in total. The topological polar surface area (TPSA) is 25.2 Å². The highest BCUT2D eigenvalue weighted by Crippen LogP contribution is 2.35. The van der Waals surface area contributed by atoms with Crippen molar-refractivity contribution < 1.29 is 17.6 Å². The molecule has 16 heavy (non-hydrogen) atoms. The molecular weight excluding hydrogens is 219 g/mol. The number of halogens is 3. The van der Waals surface area contributed by atoms with E-state index in [0.717, 1.165) is 0 Å². The summed E-state index contributed by atoms with van der Waals surface area (Å²) in [5, 5.41) is 2.49. The number of alkyl halides is 3. The van der Waals surface area contributed by atoms with E-state index in [2.05, 4.69) is 5.32 Å². The molecule has 92 valence electrons. The lowest BCUT2D eigenvalue weighted by atomic mass is 10.1. The summed E-state index contributed by atoms with van der Waals surface area (Å²) in [5.74, 6) is 0.823. The van der Waals surface area contributed by atoms with Crippen molar-refractivity contribution in [3.05, 3.63) is 23.2 Å². The van der Waals surface area contributed by atoms with Crippen LogP contribution >= 0.6 is 0 Å². The average molecular weight is 235 g/mol. The Morgan fingerprint density at radius 3 is 2.38 bits per heavy atom. The molecule has 5 heteroatoms. The van der Waals surface area contributed by atoms with Gasteiger partial charge in [0.25, 0.3) is 0 Å². The standard InChI is InChI=1S/C11H16F3NO/c1-4-5-15-10(11(12,13)14)9-6-7(2)16-8(9)3/h6,10,15H,4-5H2,1-3H3.